The van der Waals surface area contributed by atoms with Crippen LogP contribution in [-0.2, 0) is 16.6 Å². The van der Waals surface area contributed by atoms with Crippen LogP contribution in [0.1, 0.15) is 34.9 Å². The molecule has 2 aromatic heterocycles. The van der Waals surface area contributed by atoms with Crippen LogP contribution in [0.4, 0.5) is 5.69 Å². The van der Waals surface area contributed by atoms with Crippen LogP contribution in [-0.4, -0.2) is 24.0 Å². The van der Waals surface area contributed by atoms with Gasteiger partial charge in [-0.3, -0.25) is 4.79 Å². The van der Waals surface area contributed by atoms with Crippen molar-refractivity contribution in [2.75, 3.05) is 18.1 Å². The lowest BCUT2D eigenvalue weighted by atomic mass is 9.86. The number of fused-ring (bicyclic) bond motifs is 3. The van der Waals surface area contributed by atoms with Crippen molar-refractivity contribution in [3.05, 3.63) is 27.5 Å². The molecule has 0 aromatic carbocycles. The summed E-state index contributed by atoms with van der Waals surface area (Å²) in [5.74, 6) is 1.74. The van der Waals surface area contributed by atoms with E-state index in [9.17, 15) is 4.79 Å². The maximum atomic E-state index is 13.2. The van der Waals surface area contributed by atoms with Gasteiger partial charge >= 0.3 is 0 Å². The van der Waals surface area contributed by atoms with Crippen LogP contribution in [0, 0.1) is 6.92 Å². The zero-order valence-corrected chi connectivity index (χ0v) is 12.5. The molecule has 1 amide bonds. The molecule has 3 aliphatic heterocycles. The first kappa shape index (κ1) is 11.8. The fourth-order valence-electron chi connectivity index (χ4n) is 3.74. The Hall–Kier alpha value is -1.82. The van der Waals surface area contributed by atoms with Crippen LogP contribution < -0.4 is 9.64 Å². The van der Waals surface area contributed by atoms with Gasteiger partial charge in [-0.2, -0.15) is 4.98 Å². The standard InChI is InChI=1S/C15H14N2O3S/c1-8-16-13-11(20-8)15(7-19-13)12-10-9(6-21-12)4-2-3-5-17(10)14(15)18/h6H,2-5,7H2,1H3. The molecule has 1 spiro atoms. The van der Waals surface area contributed by atoms with E-state index in [4.69, 9.17) is 9.15 Å². The molecule has 6 heteroatoms. The van der Waals surface area contributed by atoms with Gasteiger partial charge in [-0.05, 0) is 30.2 Å². The minimum atomic E-state index is -0.786. The number of rotatable bonds is 0. The Balaban J connectivity index is 1.80. The number of anilines is 1. The van der Waals surface area contributed by atoms with E-state index in [1.807, 2.05) is 4.90 Å². The first-order valence-electron chi connectivity index (χ1n) is 7.25. The van der Waals surface area contributed by atoms with Gasteiger partial charge in [0.1, 0.15) is 6.61 Å². The Morgan fingerprint density at radius 3 is 3.24 bits per heavy atom. The van der Waals surface area contributed by atoms with Gasteiger partial charge in [0.15, 0.2) is 17.1 Å². The maximum Gasteiger partial charge on any atom is 0.258 e. The SMILES string of the molecule is Cc1nc2c(o1)C1(CO2)C(=O)N2CCCCc3csc1c32. The number of amides is 1. The molecule has 0 N–H and O–H groups in total. The molecule has 3 aliphatic rings. The van der Waals surface area contributed by atoms with Gasteiger partial charge in [0.25, 0.3) is 5.88 Å². The Labute approximate surface area is 125 Å². The molecular formula is C15H14N2O3S. The summed E-state index contributed by atoms with van der Waals surface area (Å²) < 4.78 is 11.5. The van der Waals surface area contributed by atoms with Gasteiger partial charge in [0.05, 0.1) is 10.6 Å². The highest BCUT2D eigenvalue weighted by atomic mass is 32.1. The minimum absolute atomic E-state index is 0.0994. The summed E-state index contributed by atoms with van der Waals surface area (Å²) in [5, 5.41) is 2.19. The molecule has 0 aliphatic carbocycles. The van der Waals surface area contributed by atoms with Crippen LogP contribution >= 0.6 is 11.3 Å². The first-order chi connectivity index (χ1) is 10.2. The van der Waals surface area contributed by atoms with Crippen LogP contribution in [0.5, 0.6) is 5.88 Å². The molecule has 0 bridgehead atoms. The zero-order valence-electron chi connectivity index (χ0n) is 11.6. The molecule has 108 valence electrons. The number of carbonyl (C=O) groups is 1. The van der Waals surface area contributed by atoms with Gasteiger partial charge in [-0.1, -0.05) is 0 Å². The monoisotopic (exact) mass is 302 g/mol. The molecule has 0 saturated heterocycles. The molecule has 5 rings (SSSR count). The second kappa shape index (κ2) is 3.68. The summed E-state index contributed by atoms with van der Waals surface area (Å²) in [6.07, 6.45) is 3.24. The quantitative estimate of drug-likeness (QED) is 0.750. The molecule has 1 unspecified atom stereocenters. The lowest BCUT2D eigenvalue weighted by Gasteiger charge is -2.20. The van der Waals surface area contributed by atoms with E-state index < -0.39 is 5.41 Å². The Bertz CT molecular complexity index is 778. The highest BCUT2D eigenvalue weighted by molar-refractivity contribution is 7.11. The van der Waals surface area contributed by atoms with Crippen molar-refractivity contribution < 1.29 is 13.9 Å². The van der Waals surface area contributed by atoms with E-state index in [0.717, 1.165) is 36.4 Å². The van der Waals surface area contributed by atoms with Crippen molar-refractivity contribution >= 4 is 22.9 Å². The van der Waals surface area contributed by atoms with E-state index in [-0.39, 0.29) is 5.91 Å². The number of oxazole rings is 1. The highest BCUT2D eigenvalue weighted by Crippen LogP contribution is 2.56. The first-order valence-corrected chi connectivity index (χ1v) is 8.13. The highest BCUT2D eigenvalue weighted by Gasteiger charge is 2.61. The summed E-state index contributed by atoms with van der Waals surface area (Å²) in [7, 11) is 0. The topological polar surface area (TPSA) is 55.6 Å². The minimum Gasteiger partial charge on any atom is -0.473 e. The maximum absolute atomic E-state index is 13.2. The Kier molecular flexibility index (Phi) is 2.07. The molecule has 0 saturated carbocycles. The predicted molar refractivity (Wildman–Crippen MR) is 77.1 cm³/mol. The number of nitrogens with zero attached hydrogens (tertiary/aromatic N) is 2. The van der Waals surface area contributed by atoms with E-state index >= 15 is 0 Å². The lowest BCUT2D eigenvalue weighted by Crippen LogP contribution is -2.42. The van der Waals surface area contributed by atoms with Crippen molar-refractivity contribution in [3.8, 4) is 5.88 Å². The van der Waals surface area contributed by atoms with Gasteiger partial charge in [0.2, 0.25) is 5.91 Å². The fourth-order valence-corrected chi connectivity index (χ4v) is 5.02. The summed E-state index contributed by atoms with van der Waals surface area (Å²) in [5.41, 5.74) is 1.63. The van der Waals surface area contributed by atoms with Crippen molar-refractivity contribution in [1.29, 1.82) is 0 Å². The third-order valence-electron chi connectivity index (χ3n) is 4.70. The molecule has 21 heavy (non-hydrogen) atoms. The van der Waals surface area contributed by atoms with E-state index in [0.29, 0.717) is 24.1 Å². The van der Waals surface area contributed by atoms with Crippen molar-refractivity contribution in [1.82, 2.24) is 4.98 Å². The van der Waals surface area contributed by atoms with Crippen molar-refractivity contribution in [2.24, 2.45) is 0 Å². The fraction of sp³-hybridized carbons (Fsp3) is 0.467. The average Bonchev–Trinajstić information content (AvgIpc) is 3.12. The van der Waals surface area contributed by atoms with Gasteiger partial charge in [-0.25, -0.2) is 0 Å². The summed E-state index contributed by atoms with van der Waals surface area (Å²) in [6.45, 7) is 2.90. The average molecular weight is 302 g/mol. The van der Waals surface area contributed by atoms with Crippen LogP contribution in [0.15, 0.2) is 9.80 Å². The smallest absolute Gasteiger partial charge is 0.258 e. The van der Waals surface area contributed by atoms with Crippen LogP contribution in [0.25, 0.3) is 0 Å². The number of thiophene rings is 1. The third-order valence-corrected chi connectivity index (χ3v) is 5.88. The molecular weight excluding hydrogens is 288 g/mol. The number of hydrogen-bond donors (Lipinski definition) is 0. The van der Waals surface area contributed by atoms with E-state index in [1.165, 1.54) is 5.56 Å². The molecule has 5 nitrogen and oxygen atoms in total. The van der Waals surface area contributed by atoms with Gasteiger partial charge in [-0.15, -0.1) is 11.3 Å². The molecule has 1 atom stereocenters. The van der Waals surface area contributed by atoms with Crippen molar-refractivity contribution in [2.45, 2.75) is 31.6 Å². The lowest BCUT2D eigenvalue weighted by molar-refractivity contribution is -0.122. The van der Waals surface area contributed by atoms with Crippen LogP contribution in [0.2, 0.25) is 0 Å². The normalized spacial score (nSPS) is 26.0. The Morgan fingerprint density at radius 2 is 2.33 bits per heavy atom. The van der Waals surface area contributed by atoms with Crippen LogP contribution in [0.3, 0.4) is 0 Å². The Morgan fingerprint density at radius 1 is 1.43 bits per heavy atom. The molecule has 5 heterocycles. The van der Waals surface area contributed by atoms with E-state index in [2.05, 4.69) is 10.4 Å². The van der Waals surface area contributed by atoms with Gasteiger partial charge < -0.3 is 14.1 Å². The number of aromatic nitrogens is 1. The molecule has 2 aromatic rings. The summed E-state index contributed by atoms with van der Waals surface area (Å²) >= 11 is 1.66. The summed E-state index contributed by atoms with van der Waals surface area (Å²) in [6, 6.07) is 0. The zero-order chi connectivity index (χ0) is 14.2. The summed E-state index contributed by atoms with van der Waals surface area (Å²) in [4.78, 5) is 20.4. The second-order valence-corrected chi connectivity index (χ2v) is 6.79. The van der Waals surface area contributed by atoms with Gasteiger partial charge in [0, 0.05) is 13.5 Å². The number of aryl methyl sites for hydroxylation is 2. The molecule has 0 radical (unpaired) electrons. The second-order valence-electron chi connectivity index (χ2n) is 5.91. The third kappa shape index (κ3) is 1.23. The number of carbonyl (C=O) groups excluding carboxylic acids is 1. The molecule has 0 fully saturated rings. The number of ether oxygens (including phenoxy) is 1. The number of hydrogen-bond acceptors (Lipinski definition) is 5. The van der Waals surface area contributed by atoms with Crippen molar-refractivity contribution in [3.63, 3.8) is 0 Å². The largest absolute Gasteiger partial charge is 0.473 e. The predicted octanol–water partition coefficient (Wildman–Crippen LogP) is 2.41. The van der Waals surface area contributed by atoms with E-state index in [1.54, 1.807) is 18.3 Å².